The Morgan fingerprint density at radius 2 is 1.74 bits per heavy atom. The van der Waals surface area contributed by atoms with Crippen molar-refractivity contribution in [1.82, 2.24) is 24.8 Å². The molecular formula is C24H22N6O. The van der Waals surface area contributed by atoms with Crippen LogP contribution in [0.2, 0.25) is 0 Å². The minimum Gasteiger partial charge on any atom is -0.368 e. The van der Waals surface area contributed by atoms with Crippen LogP contribution in [0.4, 0.5) is 5.95 Å². The maximum atomic E-state index is 13.3. The van der Waals surface area contributed by atoms with Gasteiger partial charge in [0.1, 0.15) is 5.69 Å². The van der Waals surface area contributed by atoms with Crippen LogP contribution in [0.25, 0.3) is 21.9 Å². The van der Waals surface area contributed by atoms with E-state index in [1.165, 1.54) is 0 Å². The molecule has 1 unspecified atom stereocenters. The third-order valence-corrected chi connectivity index (χ3v) is 5.79. The van der Waals surface area contributed by atoms with Crippen LogP contribution < -0.4 is 5.73 Å². The third-order valence-electron chi connectivity index (χ3n) is 5.79. The Morgan fingerprint density at radius 3 is 2.55 bits per heavy atom. The fourth-order valence-electron chi connectivity index (χ4n) is 4.15. The fraction of sp³-hybridized carbons (Fsp3) is 0.208. The summed E-state index contributed by atoms with van der Waals surface area (Å²) in [5.74, 6) is 0.433. The van der Waals surface area contributed by atoms with Crippen LogP contribution in [0.5, 0.6) is 0 Å². The van der Waals surface area contributed by atoms with Crippen molar-refractivity contribution in [1.29, 1.82) is 0 Å². The summed E-state index contributed by atoms with van der Waals surface area (Å²) in [6.07, 6.45) is 8.87. The summed E-state index contributed by atoms with van der Waals surface area (Å²) in [5.41, 5.74) is 8.88. The smallest absolute Gasteiger partial charge is 0.273 e. The Balaban J connectivity index is 1.35. The summed E-state index contributed by atoms with van der Waals surface area (Å²) in [5, 5.41) is 1.92. The molecule has 0 saturated carbocycles. The predicted molar refractivity (Wildman–Crippen MR) is 119 cm³/mol. The second-order valence-electron chi connectivity index (χ2n) is 7.77. The molecule has 0 radical (unpaired) electrons. The number of nitrogens with zero attached hydrogens (tertiary/aromatic N) is 5. The number of carbonyl (C=O) groups excluding carboxylic acids is 1. The lowest BCUT2D eigenvalue weighted by Gasteiger charge is -2.32. The number of hydrogen-bond donors (Lipinski definition) is 1. The van der Waals surface area contributed by atoms with Crippen molar-refractivity contribution in [3.63, 3.8) is 0 Å². The van der Waals surface area contributed by atoms with Gasteiger partial charge in [0.15, 0.2) is 0 Å². The topological polar surface area (TPSA) is 97.9 Å². The number of rotatable bonds is 3. The molecule has 1 amide bonds. The van der Waals surface area contributed by atoms with E-state index in [0.29, 0.717) is 12.2 Å². The number of piperidine rings is 1. The van der Waals surface area contributed by atoms with Crippen molar-refractivity contribution in [2.24, 2.45) is 0 Å². The summed E-state index contributed by atoms with van der Waals surface area (Å²) in [6.45, 7) is 1.38. The summed E-state index contributed by atoms with van der Waals surface area (Å²) >= 11 is 0. The molecular weight excluding hydrogens is 388 g/mol. The highest BCUT2D eigenvalue weighted by molar-refractivity contribution is 6.05. The molecule has 1 fully saturated rings. The lowest BCUT2D eigenvalue weighted by atomic mass is 9.93. The van der Waals surface area contributed by atoms with E-state index in [4.69, 9.17) is 5.73 Å². The zero-order valence-electron chi connectivity index (χ0n) is 17.0. The van der Waals surface area contributed by atoms with Crippen molar-refractivity contribution >= 4 is 22.6 Å². The molecule has 0 aliphatic carbocycles. The Bertz CT molecular complexity index is 1220. The molecule has 7 heteroatoms. The number of pyridine rings is 2. The molecule has 4 aromatic rings. The molecule has 7 nitrogen and oxygen atoms in total. The average Bonchev–Trinajstić information content (AvgIpc) is 2.84. The number of fused-ring (bicyclic) bond motifs is 1. The van der Waals surface area contributed by atoms with E-state index in [1.54, 1.807) is 18.6 Å². The average molecular weight is 410 g/mol. The molecule has 2 N–H and O–H groups in total. The Hall–Kier alpha value is -3.87. The number of nitrogens with two attached hydrogens (primary N) is 1. The van der Waals surface area contributed by atoms with Gasteiger partial charge in [0, 0.05) is 66.0 Å². The van der Waals surface area contributed by atoms with E-state index >= 15 is 0 Å². The minimum absolute atomic E-state index is 0.0165. The first-order valence-corrected chi connectivity index (χ1v) is 10.4. The Morgan fingerprint density at radius 1 is 0.935 bits per heavy atom. The molecule has 154 valence electrons. The second kappa shape index (κ2) is 8.10. The number of hydrogen-bond acceptors (Lipinski definition) is 6. The molecule has 3 aromatic heterocycles. The van der Waals surface area contributed by atoms with Gasteiger partial charge >= 0.3 is 0 Å². The third kappa shape index (κ3) is 3.82. The van der Waals surface area contributed by atoms with Crippen LogP contribution in [0.1, 0.15) is 34.9 Å². The number of carbonyl (C=O) groups is 1. The zero-order chi connectivity index (χ0) is 21.2. The lowest BCUT2D eigenvalue weighted by Crippen LogP contribution is -2.39. The van der Waals surface area contributed by atoms with Gasteiger partial charge in [-0.3, -0.25) is 14.8 Å². The minimum atomic E-state index is -0.0165. The molecule has 1 aliphatic heterocycles. The SMILES string of the molecule is Nc1ncc(-c2ccc(C3CCCN(C(=O)c4nccc5ccccc45)C3)nc2)cn1. The first-order chi connectivity index (χ1) is 15.2. The Kier molecular flexibility index (Phi) is 5.00. The maximum Gasteiger partial charge on any atom is 0.273 e. The largest absolute Gasteiger partial charge is 0.368 e. The molecule has 1 atom stereocenters. The highest BCUT2D eigenvalue weighted by Crippen LogP contribution is 2.28. The van der Waals surface area contributed by atoms with Crippen molar-refractivity contribution in [3.8, 4) is 11.1 Å². The summed E-state index contributed by atoms with van der Waals surface area (Å²) in [4.78, 5) is 32.3. The fourth-order valence-corrected chi connectivity index (χ4v) is 4.15. The first kappa shape index (κ1) is 19.1. The number of amides is 1. The maximum absolute atomic E-state index is 13.3. The van der Waals surface area contributed by atoms with Gasteiger partial charge in [-0.15, -0.1) is 0 Å². The van der Waals surface area contributed by atoms with Gasteiger partial charge in [0.25, 0.3) is 5.91 Å². The van der Waals surface area contributed by atoms with Crippen molar-refractivity contribution in [2.75, 3.05) is 18.8 Å². The molecule has 31 heavy (non-hydrogen) atoms. The first-order valence-electron chi connectivity index (χ1n) is 10.4. The van der Waals surface area contributed by atoms with E-state index in [9.17, 15) is 4.79 Å². The van der Waals surface area contributed by atoms with E-state index in [0.717, 1.165) is 47.0 Å². The summed E-state index contributed by atoms with van der Waals surface area (Å²) in [7, 11) is 0. The van der Waals surface area contributed by atoms with Crippen molar-refractivity contribution < 1.29 is 4.79 Å². The molecule has 4 heterocycles. The van der Waals surface area contributed by atoms with Crippen LogP contribution in [0.15, 0.2) is 67.3 Å². The quantitative estimate of drug-likeness (QED) is 0.553. The van der Waals surface area contributed by atoms with Gasteiger partial charge in [-0.05, 0) is 30.4 Å². The highest BCUT2D eigenvalue weighted by Gasteiger charge is 2.27. The molecule has 0 spiro atoms. The standard InChI is InChI=1S/C24H22N6O/c25-24-28-13-19(14-29-24)17-7-8-21(27-12-17)18-5-3-11-30(15-18)23(31)22-20-6-2-1-4-16(20)9-10-26-22/h1-2,4,6-10,12-14,18H,3,5,11,15H2,(H2,25,28,29). The van der Waals surface area contributed by atoms with E-state index in [1.807, 2.05) is 53.6 Å². The monoisotopic (exact) mass is 410 g/mol. The van der Waals surface area contributed by atoms with Gasteiger partial charge in [-0.25, -0.2) is 9.97 Å². The number of nitrogen functional groups attached to an aromatic ring is 1. The predicted octanol–water partition coefficient (Wildman–Crippen LogP) is 3.69. The van der Waals surface area contributed by atoms with Gasteiger partial charge in [-0.2, -0.15) is 0 Å². The van der Waals surface area contributed by atoms with Crippen molar-refractivity contribution in [2.45, 2.75) is 18.8 Å². The van der Waals surface area contributed by atoms with Crippen LogP contribution in [0, 0.1) is 0 Å². The van der Waals surface area contributed by atoms with Crippen LogP contribution in [-0.2, 0) is 0 Å². The molecule has 5 rings (SSSR count). The van der Waals surface area contributed by atoms with E-state index < -0.39 is 0 Å². The normalized spacial score (nSPS) is 16.4. The van der Waals surface area contributed by atoms with Gasteiger partial charge in [-0.1, -0.05) is 30.3 Å². The summed E-state index contributed by atoms with van der Waals surface area (Å²) in [6, 6.07) is 13.9. The van der Waals surface area contributed by atoms with Crippen LogP contribution in [-0.4, -0.2) is 43.8 Å². The van der Waals surface area contributed by atoms with E-state index in [-0.39, 0.29) is 17.8 Å². The number of likely N-dealkylation sites (tertiary alicyclic amines) is 1. The van der Waals surface area contributed by atoms with Gasteiger partial charge < -0.3 is 10.6 Å². The zero-order valence-corrected chi connectivity index (χ0v) is 17.0. The number of aromatic nitrogens is 4. The number of anilines is 1. The second-order valence-corrected chi connectivity index (χ2v) is 7.77. The van der Waals surface area contributed by atoms with Crippen molar-refractivity contribution in [3.05, 3.63) is 78.6 Å². The lowest BCUT2D eigenvalue weighted by molar-refractivity contribution is 0.0702. The van der Waals surface area contributed by atoms with Crippen LogP contribution >= 0.6 is 0 Å². The highest BCUT2D eigenvalue weighted by atomic mass is 16.2. The van der Waals surface area contributed by atoms with Gasteiger partial charge in [0.2, 0.25) is 5.95 Å². The molecule has 1 aliphatic rings. The molecule has 0 bridgehead atoms. The van der Waals surface area contributed by atoms with Crippen LogP contribution in [0.3, 0.4) is 0 Å². The number of benzene rings is 1. The Labute approximate surface area is 180 Å². The molecule has 1 aromatic carbocycles. The summed E-state index contributed by atoms with van der Waals surface area (Å²) < 4.78 is 0. The van der Waals surface area contributed by atoms with Gasteiger partial charge in [0.05, 0.1) is 0 Å². The van der Waals surface area contributed by atoms with E-state index in [2.05, 4.69) is 19.9 Å². The molecule has 1 saturated heterocycles.